The Morgan fingerprint density at radius 2 is 1.90 bits per heavy atom. The number of sulfone groups is 1. The molecule has 0 aliphatic carbocycles. The van der Waals surface area contributed by atoms with Gasteiger partial charge in [-0.3, -0.25) is 5.41 Å². The molecule has 0 saturated carbocycles. The van der Waals surface area contributed by atoms with Gasteiger partial charge in [-0.2, -0.15) is 0 Å². The van der Waals surface area contributed by atoms with Gasteiger partial charge in [0.1, 0.15) is 28.9 Å². The lowest BCUT2D eigenvalue weighted by atomic mass is 10.1. The lowest BCUT2D eigenvalue weighted by Crippen LogP contribution is -2.16. The van der Waals surface area contributed by atoms with E-state index in [0.717, 1.165) is 24.1 Å². The molecule has 0 amide bonds. The smallest absolute Gasteiger partial charge is 0.180 e. The molecular formula is C27H28F2N6O3S. The first-order valence-electron chi connectivity index (χ1n) is 12.1. The maximum absolute atomic E-state index is 14.6. The van der Waals surface area contributed by atoms with Crippen LogP contribution in [0.15, 0.2) is 66.5 Å². The lowest BCUT2D eigenvalue weighted by molar-refractivity contribution is 0.335. The van der Waals surface area contributed by atoms with Crippen LogP contribution in [0.3, 0.4) is 0 Å². The van der Waals surface area contributed by atoms with E-state index < -0.39 is 21.5 Å². The molecule has 0 fully saturated rings. The van der Waals surface area contributed by atoms with Crippen molar-refractivity contribution in [3.05, 3.63) is 101 Å². The van der Waals surface area contributed by atoms with Crippen LogP contribution in [-0.2, 0) is 22.1 Å². The molecule has 1 aliphatic rings. The van der Waals surface area contributed by atoms with E-state index in [9.17, 15) is 17.2 Å². The molecule has 2 heterocycles. The zero-order valence-corrected chi connectivity index (χ0v) is 22.2. The summed E-state index contributed by atoms with van der Waals surface area (Å²) in [7, 11) is -3.42. The van der Waals surface area contributed by atoms with Gasteiger partial charge < -0.3 is 20.7 Å². The Morgan fingerprint density at radius 3 is 2.56 bits per heavy atom. The van der Waals surface area contributed by atoms with E-state index in [1.165, 1.54) is 6.07 Å². The molecule has 0 unspecified atom stereocenters. The number of anilines is 2. The summed E-state index contributed by atoms with van der Waals surface area (Å²) in [6.45, 7) is 2.42. The number of dihydropyridines is 1. The zero-order valence-electron chi connectivity index (χ0n) is 21.4. The summed E-state index contributed by atoms with van der Waals surface area (Å²) in [4.78, 5) is 8.79. The predicted octanol–water partition coefficient (Wildman–Crippen LogP) is 4.14. The maximum Gasteiger partial charge on any atom is 0.180 e. The van der Waals surface area contributed by atoms with Gasteiger partial charge in [0.25, 0.3) is 0 Å². The van der Waals surface area contributed by atoms with Crippen LogP contribution in [0.2, 0.25) is 0 Å². The highest BCUT2D eigenvalue weighted by atomic mass is 32.2. The number of aromatic nitrogens is 2. The van der Waals surface area contributed by atoms with Gasteiger partial charge in [-0.05, 0) is 31.3 Å². The second-order valence-corrected chi connectivity index (χ2v) is 10.9. The van der Waals surface area contributed by atoms with Gasteiger partial charge in [0.15, 0.2) is 15.7 Å². The molecule has 1 aliphatic heterocycles. The summed E-state index contributed by atoms with van der Waals surface area (Å²) in [5, 5.41) is 18.0. The monoisotopic (exact) mass is 554 g/mol. The molecule has 0 atom stereocenters. The van der Waals surface area contributed by atoms with Crippen LogP contribution in [0.4, 0.5) is 20.3 Å². The van der Waals surface area contributed by atoms with Crippen molar-refractivity contribution in [2.45, 2.75) is 19.2 Å². The van der Waals surface area contributed by atoms with Crippen LogP contribution in [0.25, 0.3) is 0 Å². The second kappa shape index (κ2) is 12.0. The predicted molar refractivity (Wildman–Crippen MR) is 147 cm³/mol. The molecule has 0 saturated heterocycles. The minimum atomic E-state index is -3.42. The van der Waals surface area contributed by atoms with Gasteiger partial charge in [-0.15, -0.1) is 0 Å². The van der Waals surface area contributed by atoms with Crippen LogP contribution in [0.1, 0.15) is 29.6 Å². The average molecular weight is 555 g/mol. The van der Waals surface area contributed by atoms with Crippen LogP contribution >= 0.6 is 0 Å². The summed E-state index contributed by atoms with van der Waals surface area (Å²) >= 11 is 0. The highest BCUT2D eigenvalue weighted by Crippen LogP contribution is 2.24. The first-order chi connectivity index (χ1) is 18.6. The van der Waals surface area contributed by atoms with Crippen molar-refractivity contribution >= 4 is 27.1 Å². The highest BCUT2D eigenvalue weighted by Gasteiger charge is 2.18. The molecule has 9 nitrogen and oxygen atoms in total. The van der Waals surface area contributed by atoms with E-state index in [0.29, 0.717) is 23.6 Å². The number of para-hydroxylation sites is 1. The quantitative estimate of drug-likeness (QED) is 0.260. The van der Waals surface area contributed by atoms with Crippen LogP contribution in [0, 0.1) is 17.0 Å². The highest BCUT2D eigenvalue weighted by molar-refractivity contribution is 7.89. The average Bonchev–Trinajstić information content (AvgIpc) is 2.88. The first kappa shape index (κ1) is 27.7. The van der Waals surface area contributed by atoms with Gasteiger partial charge in [0.2, 0.25) is 0 Å². The molecule has 204 valence electrons. The van der Waals surface area contributed by atoms with E-state index in [1.54, 1.807) is 43.5 Å². The van der Waals surface area contributed by atoms with Gasteiger partial charge in [0.05, 0.1) is 18.1 Å². The fraction of sp³-hybridized carbons (Fsp3) is 0.222. The third kappa shape index (κ3) is 7.38. The van der Waals surface area contributed by atoms with E-state index in [2.05, 4.69) is 25.9 Å². The van der Waals surface area contributed by atoms with Gasteiger partial charge in [-0.25, -0.2) is 27.2 Å². The SMILES string of the molecule is CCOc1cc(F)c(CNc2ccccc2C(=N)c2nc(CS(C)(=O)=O)cc(NC3=CCNC=C3)n2)c(F)c1. The van der Waals surface area contributed by atoms with Crippen molar-refractivity contribution < 1.29 is 21.9 Å². The molecule has 1 aromatic heterocycles. The number of nitrogens with zero attached hydrogens (tertiary/aromatic N) is 2. The normalized spacial score (nSPS) is 12.9. The number of rotatable bonds is 11. The molecule has 39 heavy (non-hydrogen) atoms. The van der Waals surface area contributed by atoms with E-state index in [-0.39, 0.29) is 47.4 Å². The lowest BCUT2D eigenvalue weighted by Gasteiger charge is -2.16. The van der Waals surface area contributed by atoms with Gasteiger partial charge in [0, 0.05) is 60.1 Å². The third-order valence-electron chi connectivity index (χ3n) is 5.58. The van der Waals surface area contributed by atoms with Crippen LogP contribution in [0.5, 0.6) is 5.75 Å². The molecule has 0 radical (unpaired) electrons. The van der Waals surface area contributed by atoms with Crippen LogP contribution < -0.4 is 20.7 Å². The van der Waals surface area contributed by atoms with Crippen molar-refractivity contribution in [3.8, 4) is 5.75 Å². The molecule has 0 bridgehead atoms. The van der Waals surface area contributed by atoms with Crippen molar-refractivity contribution in [3.63, 3.8) is 0 Å². The van der Waals surface area contributed by atoms with Crippen LogP contribution in [-0.4, -0.2) is 43.5 Å². The molecule has 2 aromatic carbocycles. The Labute approximate surface area is 225 Å². The minimum absolute atomic E-state index is 0.00941. The van der Waals surface area contributed by atoms with Gasteiger partial charge in [-0.1, -0.05) is 18.2 Å². The molecule has 0 spiro atoms. The van der Waals surface area contributed by atoms with E-state index >= 15 is 0 Å². The Bertz CT molecular complexity index is 1530. The van der Waals surface area contributed by atoms with Crippen molar-refractivity contribution in [1.29, 1.82) is 5.41 Å². The molecule has 3 aromatic rings. The standard InChI is InChI=1S/C27H28F2N6O3S/c1-3-38-19-13-22(28)21(23(29)14-19)15-32-24-7-5-4-6-20(24)26(30)27-34-18(16-39(2,36)37)12-25(35-27)33-17-8-10-31-11-9-17/h4-10,12-14,30-32H,3,11,15-16H2,1-2H3,(H,33,34,35). The number of allylic oxidation sites excluding steroid dienone is 1. The number of benzene rings is 2. The van der Waals surface area contributed by atoms with Crippen molar-refractivity contribution in [2.75, 3.05) is 30.0 Å². The van der Waals surface area contributed by atoms with E-state index in [4.69, 9.17) is 10.1 Å². The summed E-state index contributed by atoms with van der Waals surface area (Å²) in [6, 6.07) is 10.5. The molecule has 4 N–H and O–H groups in total. The first-order valence-corrected chi connectivity index (χ1v) is 14.1. The summed E-state index contributed by atoms with van der Waals surface area (Å²) < 4.78 is 58.3. The fourth-order valence-electron chi connectivity index (χ4n) is 3.87. The van der Waals surface area contributed by atoms with Crippen molar-refractivity contribution in [1.82, 2.24) is 15.3 Å². The maximum atomic E-state index is 14.6. The number of ether oxygens (including phenoxy) is 1. The Morgan fingerprint density at radius 1 is 1.15 bits per heavy atom. The Hall–Kier alpha value is -4.32. The summed E-state index contributed by atoms with van der Waals surface area (Å²) in [5.74, 6) is -1.43. The second-order valence-electron chi connectivity index (χ2n) is 8.74. The zero-order chi connectivity index (χ0) is 28.0. The largest absolute Gasteiger partial charge is 0.494 e. The number of hydrogen-bond acceptors (Lipinski definition) is 9. The molecule has 12 heteroatoms. The van der Waals surface area contributed by atoms with Gasteiger partial charge >= 0.3 is 0 Å². The minimum Gasteiger partial charge on any atom is -0.494 e. The van der Waals surface area contributed by atoms with E-state index in [1.807, 2.05) is 6.08 Å². The topological polar surface area (TPSA) is 129 Å². The van der Waals surface area contributed by atoms with Crippen molar-refractivity contribution in [2.24, 2.45) is 0 Å². The summed E-state index contributed by atoms with van der Waals surface area (Å²) in [5.41, 5.74) is 1.48. The molecule has 4 rings (SSSR count). The number of hydrogen-bond donors (Lipinski definition) is 4. The number of nitrogens with one attached hydrogen (secondary N) is 4. The fourth-order valence-corrected chi connectivity index (χ4v) is 4.55. The third-order valence-corrected chi connectivity index (χ3v) is 6.40. The Balaban J connectivity index is 1.63. The number of halogens is 2. The molecular weight excluding hydrogens is 526 g/mol. The summed E-state index contributed by atoms with van der Waals surface area (Å²) in [6.07, 6.45) is 6.55. The Kier molecular flexibility index (Phi) is 8.55.